The fourth-order valence-electron chi connectivity index (χ4n) is 2.76. The Labute approximate surface area is 143 Å². The van der Waals surface area contributed by atoms with Gasteiger partial charge in [-0.3, -0.25) is 0 Å². The topological polar surface area (TPSA) is 93.1 Å². The molecule has 25 heavy (non-hydrogen) atoms. The third kappa shape index (κ3) is 5.50. The maximum Gasteiger partial charge on any atom is 0.534 e. The standard InChI is InChI=1S/C14H20F3NO6S/c15-14(16,17)25(21,22)24-12-3-1-11(2-4-12)23-9-10-5-7-18(8-6-10)13(19)20/h3,10-11H,1-2,4-9H2,(H,19,20). The minimum absolute atomic E-state index is 0.0530. The third-order valence-electron chi connectivity index (χ3n) is 4.27. The lowest BCUT2D eigenvalue weighted by atomic mass is 9.97. The molecule has 2 rings (SSSR count). The summed E-state index contributed by atoms with van der Waals surface area (Å²) >= 11 is 0. The van der Waals surface area contributed by atoms with E-state index in [0.717, 1.165) is 0 Å². The van der Waals surface area contributed by atoms with E-state index in [1.54, 1.807) is 0 Å². The monoisotopic (exact) mass is 387 g/mol. The van der Waals surface area contributed by atoms with E-state index in [1.165, 1.54) is 11.0 Å². The average molecular weight is 387 g/mol. The Morgan fingerprint density at radius 1 is 1.28 bits per heavy atom. The van der Waals surface area contributed by atoms with Crippen molar-refractivity contribution in [3.05, 3.63) is 11.8 Å². The first-order valence-electron chi connectivity index (χ1n) is 7.88. The number of rotatable bonds is 5. The van der Waals surface area contributed by atoms with Crippen LogP contribution in [0.2, 0.25) is 0 Å². The van der Waals surface area contributed by atoms with E-state index in [-0.39, 0.29) is 30.6 Å². The molecule has 0 radical (unpaired) electrons. The van der Waals surface area contributed by atoms with Crippen LogP contribution in [0, 0.1) is 5.92 Å². The summed E-state index contributed by atoms with van der Waals surface area (Å²) in [6, 6.07) is 0. The minimum Gasteiger partial charge on any atom is -0.465 e. The summed E-state index contributed by atoms with van der Waals surface area (Å²) in [7, 11) is -5.62. The van der Waals surface area contributed by atoms with Gasteiger partial charge in [0.1, 0.15) is 5.76 Å². The van der Waals surface area contributed by atoms with Gasteiger partial charge in [-0.05, 0) is 37.7 Å². The number of likely N-dealkylation sites (tertiary alicyclic amines) is 1. The van der Waals surface area contributed by atoms with E-state index in [2.05, 4.69) is 4.18 Å². The molecule has 0 saturated carbocycles. The minimum atomic E-state index is -5.62. The Balaban J connectivity index is 1.74. The number of hydrogen-bond acceptors (Lipinski definition) is 5. The number of amides is 1. The highest BCUT2D eigenvalue weighted by Gasteiger charge is 2.49. The lowest BCUT2D eigenvalue weighted by molar-refractivity contribution is -0.0527. The largest absolute Gasteiger partial charge is 0.534 e. The molecule has 0 aromatic carbocycles. The Morgan fingerprint density at radius 3 is 2.40 bits per heavy atom. The van der Waals surface area contributed by atoms with Crippen LogP contribution in [0.15, 0.2) is 11.8 Å². The van der Waals surface area contributed by atoms with Gasteiger partial charge in [0.25, 0.3) is 0 Å². The molecule has 1 N–H and O–H groups in total. The highest BCUT2D eigenvalue weighted by Crippen LogP contribution is 2.30. The van der Waals surface area contributed by atoms with Crippen molar-refractivity contribution in [1.82, 2.24) is 4.90 Å². The molecule has 1 aliphatic heterocycles. The zero-order chi connectivity index (χ0) is 18.7. The van der Waals surface area contributed by atoms with Gasteiger partial charge in [0.05, 0.1) is 6.10 Å². The summed E-state index contributed by atoms with van der Waals surface area (Å²) < 4.78 is 68.5. The van der Waals surface area contributed by atoms with Crippen molar-refractivity contribution in [3.8, 4) is 0 Å². The maximum atomic E-state index is 12.3. The van der Waals surface area contributed by atoms with Crippen LogP contribution >= 0.6 is 0 Å². The highest BCUT2D eigenvalue weighted by molar-refractivity contribution is 7.87. The second-order valence-corrected chi connectivity index (χ2v) is 7.63. The summed E-state index contributed by atoms with van der Waals surface area (Å²) in [5.41, 5.74) is -5.44. The Hall–Kier alpha value is -1.49. The van der Waals surface area contributed by atoms with Crippen LogP contribution in [-0.4, -0.2) is 55.8 Å². The number of carboxylic acid groups (broad SMARTS) is 1. The number of nitrogens with zero attached hydrogens (tertiary/aromatic N) is 1. The maximum absolute atomic E-state index is 12.3. The SMILES string of the molecule is O=C(O)N1CCC(COC2CC=C(OS(=O)(=O)C(F)(F)F)CC2)CC1. The van der Waals surface area contributed by atoms with Crippen molar-refractivity contribution in [1.29, 1.82) is 0 Å². The molecule has 11 heteroatoms. The van der Waals surface area contributed by atoms with Crippen molar-refractivity contribution < 1.29 is 40.4 Å². The number of alkyl halides is 3. The zero-order valence-corrected chi connectivity index (χ0v) is 14.2. The van der Waals surface area contributed by atoms with E-state index in [0.29, 0.717) is 39.0 Å². The first-order chi connectivity index (χ1) is 11.6. The van der Waals surface area contributed by atoms with Crippen LogP contribution in [0.25, 0.3) is 0 Å². The molecule has 1 saturated heterocycles. The summed E-state index contributed by atoms with van der Waals surface area (Å²) in [5, 5.41) is 8.88. The molecule has 144 valence electrons. The fraction of sp³-hybridized carbons (Fsp3) is 0.786. The Morgan fingerprint density at radius 2 is 1.92 bits per heavy atom. The molecule has 7 nitrogen and oxygen atoms in total. The quantitative estimate of drug-likeness (QED) is 0.576. The fourth-order valence-corrected chi connectivity index (χ4v) is 3.29. The van der Waals surface area contributed by atoms with E-state index in [1.807, 2.05) is 0 Å². The van der Waals surface area contributed by atoms with Gasteiger partial charge in [0.2, 0.25) is 0 Å². The van der Waals surface area contributed by atoms with Gasteiger partial charge in [-0.15, -0.1) is 0 Å². The summed E-state index contributed by atoms with van der Waals surface area (Å²) in [6.07, 6.45) is 2.27. The number of ether oxygens (including phenoxy) is 1. The average Bonchev–Trinajstić information content (AvgIpc) is 2.53. The van der Waals surface area contributed by atoms with Gasteiger partial charge in [-0.1, -0.05) is 0 Å². The Kier molecular flexibility index (Phi) is 6.20. The molecule has 1 unspecified atom stereocenters. The van der Waals surface area contributed by atoms with E-state index >= 15 is 0 Å². The van der Waals surface area contributed by atoms with Gasteiger partial charge in [-0.2, -0.15) is 21.6 Å². The first-order valence-corrected chi connectivity index (χ1v) is 9.28. The lowest BCUT2D eigenvalue weighted by Gasteiger charge is -2.31. The lowest BCUT2D eigenvalue weighted by Crippen LogP contribution is -2.38. The van der Waals surface area contributed by atoms with Crippen LogP contribution in [-0.2, 0) is 19.0 Å². The van der Waals surface area contributed by atoms with Crippen LogP contribution in [0.5, 0.6) is 0 Å². The number of hydrogen-bond donors (Lipinski definition) is 1. The normalized spacial score (nSPS) is 23.2. The number of halogens is 3. The zero-order valence-electron chi connectivity index (χ0n) is 13.4. The van der Waals surface area contributed by atoms with Crippen molar-refractivity contribution >= 4 is 16.2 Å². The molecule has 1 amide bonds. The molecule has 2 aliphatic rings. The molecule has 1 fully saturated rings. The highest BCUT2D eigenvalue weighted by atomic mass is 32.2. The van der Waals surface area contributed by atoms with Crippen LogP contribution < -0.4 is 0 Å². The first kappa shape index (κ1) is 19.8. The van der Waals surface area contributed by atoms with E-state index in [9.17, 15) is 26.4 Å². The van der Waals surface area contributed by atoms with Gasteiger partial charge in [-0.25, -0.2) is 4.79 Å². The third-order valence-corrected chi connectivity index (χ3v) is 5.27. The van der Waals surface area contributed by atoms with Crippen molar-refractivity contribution in [3.63, 3.8) is 0 Å². The second-order valence-electron chi connectivity index (χ2n) is 6.10. The summed E-state index contributed by atoms with van der Waals surface area (Å²) in [5.74, 6) is 0.0229. The van der Waals surface area contributed by atoms with Crippen molar-refractivity contribution in [2.45, 2.75) is 43.7 Å². The number of allylic oxidation sites excluding steroid dienone is 1. The second kappa shape index (κ2) is 7.81. The van der Waals surface area contributed by atoms with E-state index in [4.69, 9.17) is 9.84 Å². The molecule has 0 aromatic heterocycles. The summed E-state index contributed by atoms with van der Waals surface area (Å²) in [6.45, 7) is 1.37. The smallest absolute Gasteiger partial charge is 0.465 e. The van der Waals surface area contributed by atoms with Crippen LogP contribution in [0.3, 0.4) is 0 Å². The van der Waals surface area contributed by atoms with Crippen molar-refractivity contribution in [2.75, 3.05) is 19.7 Å². The van der Waals surface area contributed by atoms with E-state index < -0.39 is 21.7 Å². The molecule has 1 aliphatic carbocycles. The molecular formula is C14H20F3NO6S. The van der Waals surface area contributed by atoms with Crippen LogP contribution in [0.4, 0.5) is 18.0 Å². The summed E-state index contributed by atoms with van der Waals surface area (Å²) in [4.78, 5) is 12.2. The van der Waals surface area contributed by atoms with Crippen LogP contribution in [0.1, 0.15) is 32.1 Å². The van der Waals surface area contributed by atoms with Gasteiger partial charge in [0.15, 0.2) is 0 Å². The molecule has 0 aromatic rings. The number of carbonyl (C=O) groups is 1. The van der Waals surface area contributed by atoms with Gasteiger partial charge >= 0.3 is 21.7 Å². The van der Waals surface area contributed by atoms with Gasteiger partial charge in [0, 0.05) is 26.1 Å². The van der Waals surface area contributed by atoms with Gasteiger partial charge < -0.3 is 18.9 Å². The molecular weight excluding hydrogens is 367 g/mol. The molecule has 0 spiro atoms. The Bertz CT molecular complexity index is 611. The van der Waals surface area contributed by atoms with Crippen molar-refractivity contribution in [2.24, 2.45) is 5.92 Å². The predicted octanol–water partition coefficient (Wildman–Crippen LogP) is 2.70. The molecule has 1 heterocycles. The number of piperidine rings is 1. The predicted molar refractivity (Wildman–Crippen MR) is 80.1 cm³/mol. The molecule has 1 atom stereocenters. The molecule has 0 bridgehead atoms.